The first-order chi connectivity index (χ1) is 8.99. The molecule has 1 saturated heterocycles. The fourth-order valence-electron chi connectivity index (χ4n) is 2.51. The molecular weight excluding hydrogens is 244 g/mol. The van der Waals surface area contributed by atoms with Crippen molar-refractivity contribution in [1.29, 1.82) is 0 Å². The van der Waals surface area contributed by atoms with E-state index in [0.717, 1.165) is 24.3 Å². The predicted molar refractivity (Wildman–Crippen MR) is 72.7 cm³/mol. The Bertz CT molecular complexity index is 488. The summed E-state index contributed by atoms with van der Waals surface area (Å²) in [6.45, 7) is 7.18. The van der Waals surface area contributed by atoms with E-state index in [2.05, 4.69) is 10.3 Å². The number of aryl methyl sites for hydroxylation is 2. The van der Waals surface area contributed by atoms with Crippen molar-refractivity contribution in [2.45, 2.75) is 33.3 Å². The van der Waals surface area contributed by atoms with Gasteiger partial charge in [0.25, 0.3) is 0 Å². The van der Waals surface area contributed by atoms with Crippen LogP contribution in [0, 0.1) is 19.8 Å². The van der Waals surface area contributed by atoms with Crippen LogP contribution >= 0.6 is 0 Å². The van der Waals surface area contributed by atoms with E-state index in [0.29, 0.717) is 18.3 Å². The van der Waals surface area contributed by atoms with Crippen molar-refractivity contribution in [3.05, 3.63) is 22.9 Å². The van der Waals surface area contributed by atoms with E-state index >= 15 is 0 Å². The van der Waals surface area contributed by atoms with E-state index in [1.807, 2.05) is 13.8 Å². The standard InChI is InChI=1S/C14H20N2O3/c1-8-6-9(2)16-13(12(8)14(17)18)15-7-11-4-5-19-10(11)3/h6,10-11H,4-5,7H2,1-3H3,(H,15,16)(H,17,18). The molecule has 0 amide bonds. The van der Waals surface area contributed by atoms with E-state index in [1.165, 1.54) is 0 Å². The molecule has 2 unspecified atom stereocenters. The van der Waals surface area contributed by atoms with Gasteiger partial charge in [0.05, 0.1) is 6.10 Å². The summed E-state index contributed by atoms with van der Waals surface area (Å²) in [6.07, 6.45) is 1.22. The van der Waals surface area contributed by atoms with Gasteiger partial charge in [-0.05, 0) is 38.8 Å². The van der Waals surface area contributed by atoms with E-state index in [-0.39, 0.29) is 11.7 Å². The van der Waals surface area contributed by atoms with Crippen LogP contribution in [0.5, 0.6) is 0 Å². The van der Waals surface area contributed by atoms with Crippen LogP contribution < -0.4 is 5.32 Å². The normalized spacial score (nSPS) is 22.5. The zero-order chi connectivity index (χ0) is 14.0. The highest BCUT2D eigenvalue weighted by Crippen LogP contribution is 2.23. The summed E-state index contributed by atoms with van der Waals surface area (Å²) in [4.78, 5) is 15.6. The summed E-state index contributed by atoms with van der Waals surface area (Å²) in [5.41, 5.74) is 1.82. The van der Waals surface area contributed by atoms with Crippen LogP contribution in [0.4, 0.5) is 5.82 Å². The Morgan fingerprint density at radius 2 is 2.32 bits per heavy atom. The minimum Gasteiger partial charge on any atom is -0.478 e. The smallest absolute Gasteiger partial charge is 0.339 e. The van der Waals surface area contributed by atoms with Gasteiger partial charge < -0.3 is 15.2 Å². The van der Waals surface area contributed by atoms with Crippen LogP contribution in [-0.4, -0.2) is 35.3 Å². The highest BCUT2D eigenvalue weighted by Gasteiger charge is 2.25. The van der Waals surface area contributed by atoms with Crippen molar-refractivity contribution >= 4 is 11.8 Å². The summed E-state index contributed by atoms with van der Waals surface area (Å²) < 4.78 is 5.50. The van der Waals surface area contributed by atoms with Crippen molar-refractivity contribution in [2.75, 3.05) is 18.5 Å². The maximum absolute atomic E-state index is 11.3. The largest absolute Gasteiger partial charge is 0.478 e. The van der Waals surface area contributed by atoms with Crippen LogP contribution in [0.3, 0.4) is 0 Å². The molecule has 2 heterocycles. The summed E-state index contributed by atoms with van der Waals surface area (Å²) in [6, 6.07) is 1.79. The maximum Gasteiger partial charge on any atom is 0.339 e. The van der Waals surface area contributed by atoms with Crippen molar-refractivity contribution in [3.8, 4) is 0 Å². The molecule has 1 aromatic rings. The Hall–Kier alpha value is -1.62. The van der Waals surface area contributed by atoms with E-state index in [4.69, 9.17) is 4.74 Å². The lowest BCUT2D eigenvalue weighted by Gasteiger charge is -2.17. The van der Waals surface area contributed by atoms with Crippen molar-refractivity contribution in [2.24, 2.45) is 5.92 Å². The Morgan fingerprint density at radius 3 is 2.89 bits per heavy atom. The Balaban J connectivity index is 2.17. The van der Waals surface area contributed by atoms with Gasteiger partial charge in [-0.25, -0.2) is 9.78 Å². The number of aromatic carboxylic acids is 1. The lowest BCUT2D eigenvalue weighted by Crippen LogP contribution is -2.22. The van der Waals surface area contributed by atoms with Crippen molar-refractivity contribution in [3.63, 3.8) is 0 Å². The summed E-state index contributed by atoms with van der Waals surface area (Å²) in [5.74, 6) is -0.0726. The number of aromatic nitrogens is 1. The number of carboxylic acid groups (broad SMARTS) is 1. The first-order valence-corrected chi connectivity index (χ1v) is 6.56. The lowest BCUT2D eigenvalue weighted by molar-refractivity contribution is 0.0697. The maximum atomic E-state index is 11.3. The molecule has 0 bridgehead atoms. The Kier molecular flexibility index (Phi) is 4.04. The molecule has 5 nitrogen and oxygen atoms in total. The number of carbonyl (C=O) groups is 1. The minimum atomic E-state index is -0.941. The van der Waals surface area contributed by atoms with Crippen LogP contribution in [0.25, 0.3) is 0 Å². The van der Waals surface area contributed by atoms with Crippen molar-refractivity contribution in [1.82, 2.24) is 4.98 Å². The van der Waals surface area contributed by atoms with E-state index in [9.17, 15) is 9.90 Å². The highest BCUT2D eigenvalue weighted by atomic mass is 16.5. The van der Waals surface area contributed by atoms with Gasteiger partial charge in [0.15, 0.2) is 0 Å². The average Bonchev–Trinajstić information content (AvgIpc) is 2.70. The summed E-state index contributed by atoms with van der Waals surface area (Å²) >= 11 is 0. The second-order valence-corrected chi connectivity index (χ2v) is 5.11. The van der Waals surface area contributed by atoms with Crippen LogP contribution in [0.15, 0.2) is 6.07 Å². The quantitative estimate of drug-likeness (QED) is 0.872. The van der Waals surface area contributed by atoms with Gasteiger partial charge in [0.1, 0.15) is 11.4 Å². The summed E-state index contributed by atoms with van der Waals surface area (Å²) in [7, 11) is 0. The van der Waals surface area contributed by atoms with Gasteiger partial charge >= 0.3 is 5.97 Å². The number of pyridine rings is 1. The number of hydrogen-bond donors (Lipinski definition) is 2. The third-order valence-electron chi connectivity index (χ3n) is 3.62. The molecule has 2 N–H and O–H groups in total. The number of rotatable bonds is 4. The van der Waals surface area contributed by atoms with Gasteiger partial charge in [-0.2, -0.15) is 0 Å². The van der Waals surface area contributed by atoms with Gasteiger partial charge in [-0.1, -0.05) is 0 Å². The third kappa shape index (κ3) is 3.04. The summed E-state index contributed by atoms with van der Waals surface area (Å²) in [5, 5.41) is 12.5. The van der Waals surface area contributed by atoms with Gasteiger partial charge in [-0.15, -0.1) is 0 Å². The third-order valence-corrected chi connectivity index (χ3v) is 3.62. The molecule has 19 heavy (non-hydrogen) atoms. The molecule has 2 atom stereocenters. The number of ether oxygens (including phenoxy) is 1. The van der Waals surface area contributed by atoms with E-state index < -0.39 is 5.97 Å². The highest BCUT2D eigenvalue weighted by molar-refractivity contribution is 5.94. The monoisotopic (exact) mass is 264 g/mol. The number of hydrogen-bond acceptors (Lipinski definition) is 4. The molecule has 0 aromatic carbocycles. The molecule has 0 radical (unpaired) electrons. The Labute approximate surface area is 113 Å². The van der Waals surface area contributed by atoms with Crippen LogP contribution in [-0.2, 0) is 4.74 Å². The number of anilines is 1. The first-order valence-electron chi connectivity index (χ1n) is 6.56. The van der Waals surface area contributed by atoms with Crippen LogP contribution in [0.1, 0.15) is 35.0 Å². The zero-order valence-corrected chi connectivity index (χ0v) is 11.6. The fraction of sp³-hybridized carbons (Fsp3) is 0.571. The fourth-order valence-corrected chi connectivity index (χ4v) is 2.51. The molecule has 1 aliphatic rings. The molecule has 1 fully saturated rings. The minimum absolute atomic E-state index is 0.215. The van der Waals surface area contributed by atoms with E-state index in [1.54, 1.807) is 13.0 Å². The molecule has 0 aliphatic carbocycles. The molecule has 0 spiro atoms. The first kappa shape index (κ1) is 13.8. The number of nitrogens with one attached hydrogen (secondary N) is 1. The second kappa shape index (κ2) is 5.57. The molecule has 5 heteroatoms. The molecule has 104 valence electrons. The Morgan fingerprint density at radius 1 is 1.58 bits per heavy atom. The van der Waals surface area contributed by atoms with Crippen LogP contribution in [0.2, 0.25) is 0 Å². The van der Waals surface area contributed by atoms with Gasteiger partial charge in [0.2, 0.25) is 0 Å². The average molecular weight is 264 g/mol. The topological polar surface area (TPSA) is 71.5 Å². The second-order valence-electron chi connectivity index (χ2n) is 5.11. The predicted octanol–water partition coefficient (Wildman–Crippen LogP) is 2.23. The SMILES string of the molecule is Cc1cc(C)c(C(=O)O)c(NCC2CCOC2C)n1. The van der Waals surface area contributed by atoms with Crippen molar-refractivity contribution < 1.29 is 14.6 Å². The molecular formula is C14H20N2O3. The number of nitrogens with zero attached hydrogens (tertiary/aromatic N) is 1. The lowest BCUT2D eigenvalue weighted by atomic mass is 10.0. The van der Waals surface area contributed by atoms with Gasteiger partial charge in [0, 0.05) is 24.8 Å². The zero-order valence-electron chi connectivity index (χ0n) is 11.6. The molecule has 1 aromatic heterocycles. The number of carboxylic acids is 1. The molecule has 1 aliphatic heterocycles. The van der Waals surface area contributed by atoms with Gasteiger partial charge in [-0.3, -0.25) is 0 Å². The molecule has 2 rings (SSSR count). The molecule has 0 saturated carbocycles.